The SMILES string of the molecule is CC(=O)Nc1ccccc1Cc1ccc(N2C=C(O)NS2(=O)=O)c(O)c1. The number of aliphatic hydroxyl groups excluding tert-OH is 1. The molecule has 0 saturated heterocycles. The number of nitrogens with one attached hydrogen (secondary N) is 2. The van der Waals surface area contributed by atoms with Crippen LogP contribution in [0.2, 0.25) is 0 Å². The number of phenolic OH excluding ortho intramolecular Hbond substituents is 1. The zero-order valence-corrected chi connectivity index (χ0v) is 14.6. The van der Waals surface area contributed by atoms with Crippen LogP contribution in [0.1, 0.15) is 18.1 Å². The minimum atomic E-state index is -3.97. The van der Waals surface area contributed by atoms with E-state index in [4.69, 9.17) is 0 Å². The van der Waals surface area contributed by atoms with Crippen molar-refractivity contribution in [1.82, 2.24) is 4.72 Å². The first-order chi connectivity index (χ1) is 12.3. The molecule has 1 aliphatic rings. The van der Waals surface area contributed by atoms with Gasteiger partial charge in [0.2, 0.25) is 11.8 Å². The van der Waals surface area contributed by atoms with Crippen molar-refractivity contribution in [2.75, 3.05) is 9.62 Å². The van der Waals surface area contributed by atoms with Crippen LogP contribution in [0.15, 0.2) is 54.5 Å². The van der Waals surface area contributed by atoms with Crippen LogP contribution in [0.4, 0.5) is 11.4 Å². The molecule has 0 atom stereocenters. The molecule has 0 bridgehead atoms. The molecular formula is C17H17N3O5S. The van der Waals surface area contributed by atoms with Crippen molar-refractivity contribution in [1.29, 1.82) is 0 Å². The summed E-state index contributed by atoms with van der Waals surface area (Å²) in [4.78, 5) is 11.3. The zero-order valence-electron chi connectivity index (χ0n) is 13.8. The molecule has 0 unspecified atom stereocenters. The molecular weight excluding hydrogens is 358 g/mol. The molecule has 1 heterocycles. The van der Waals surface area contributed by atoms with E-state index in [1.54, 1.807) is 18.2 Å². The lowest BCUT2D eigenvalue weighted by atomic mass is 10.0. The first-order valence-electron chi connectivity index (χ1n) is 7.66. The van der Waals surface area contributed by atoms with Gasteiger partial charge in [0, 0.05) is 12.6 Å². The average Bonchev–Trinajstić information content (AvgIpc) is 2.81. The molecule has 0 spiro atoms. The van der Waals surface area contributed by atoms with E-state index < -0.39 is 16.1 Å². The van der Waals surface area contributed by atoms with Crippen LogP contribution in [-0.4, -0.2) is 24.5 Å². The number of anilines is 2. The fourth-order valence-electron chi connectivity index (χ4n) is 2.66. The van der Waals surface area contributed by atoms with Gasteiger partial charge in [0.05, 0.1) is 6.20 Å². The van der Waals surface area contributed by atoms with E-state index >= 15 is 0 Å². The van der Waals surface area contributed by atoms with Crippen molar-refractivity contribution in [2.45, 2.75) is 13.3 Å². The second-order valence-corrected chi connectivity index (χ2v) is 7.30. The van der Waals surface area contributed by atoms with Crippen molar-refractivity contribution < 1.29 is 23.4 Å². The van der Waals surface area contributed by atoms with Gasteiger partial charge in [0.1, 0.15) is 11.4 Å². The number of nitrogens with zero attached hydrogens (tertiary/aromatic N) is 1. The number of aliphatic hydroxyl groups is 1. The van der Waals surface area contributed by atoms with Crippen LogP contribution < -0.4 is 14.3 Å². The summed E-state index contributed by atoms with van der Waals surface area (Å²) in [6.45, 7) is 1.42. The maximum absolute atomic E-state index is 11.9. The van der Waals surface area contributed by atoms with Crippen molar-refractivity contribution in [3.8, 4) is 5.75 Å². The lowest BCUT2D eigenvalue weighted by Crippen LogP contribution is -2.29. The van der Waals surface area contributed by atoms with Gasteiger partial charge in [-0.3, -0.25) is 4.79 Å². The number of rotatable bonds is 4. The van der Waals surface area contributed by atoms with Gasteiger partial charge in [-0.1, -0.05) is 24.3 Å². The Kier molecular flexibility index (Phi) is 4.47. The van der Waals surface area contributed by atoms with Gasteiger partial charge in [-0.25, -0.2) is 9.03 Å². The second kappa shape index (κ2) is 6.60. The zero-order chi connectivity index (χ0) is 18.9. The van der Waals surface area contributed by atoms with E-state index in [1.165, 1.54) is 19.1 Å². The molecule has 3 rings (SSSR count). The van der Waals surface area contributed by atoms with Crippen molar-refractivity contribution in [2.24, 2.45) is 0 Å². The van der Waals surface area contributed by atoms with Crippen LogP contribution in [-0.2, 0) is 21.4 Å². The number of phenols is 1. The molecule has 0 fully saturated rings. The maximum Gasteiger partial charge on any atom is 0.330 e. The van der Waals surface area contributed by atoms with E-state index in [9.17, 15) is 23.4 Å². The Morgan fingerprint density at radius 3 is 2.54 bits per heavy atom. The van der Waals surface area contributed by atoms with Gasteiger partial charge in [0.25, 0.3) is 0 Å². The lowest BCUT2D eigenvalue weighted by Gasteiger charge is -2.16. The summed E-state index contributed by atoms with van der Waals surface area (Å²) in [5.41, 5.74) is 2.26. The predicted molar refractivity (Wildman–Crippen MR) is 96.9 cm³/mol. The quantitative estimate of drug-likeness (QED) is 0.651. The number of hydrogen-bond donors (Lipinski definition) is 4. The highest BCUT2D eigenvalue weighted by atomic mass is 32.2. The summed E-state index contributed by atoms with van der Waals surface area (Å²) in [6.07, 6.45) is 1.40. The Balaban J connectivity index is 1.89. The Morgan fingerprint density at radius 2 is 1.92 bits per heavy atom. The lowest BCUT2D eigenvalue weighted by molar-refractivity contribution is -0.114. The summed E-state index contributed by atoms with van der Waals surface area (Å²) in [6, 6.07) is 11.8. The van der Waals surface area contributed by atoms with E-state index in [0.29, 0.717) is 12.1 Å². The summed E-state index contributed by atoms with van der Waals surface area (Å²) < 4.78 is 26.5. The molecule has 0 aliphatic carbocycles. The molecule has 136 valence electrons. The molecule has 9 heteroatoms. The molecule has 26 heavy (non-hydrogen) atoms. The largest absolute Gasteiger partial charge is 0.506 e. The monoisotopic (exact) mass is 375 g/mol. The summed E-state index contributed by atoms with van der Waals surface area (Å²) >= 11 is 0. The Hall–Kier alpha value is -3.20. The highest BCUT2D eigenvalue weighted by Gasteiger charge is 2.30. The van der Waals surface area contributed by atoms with Crippen LogP contribution in [0.5, 0.6) is 5.75 Å². The number of carbonyl (C=O) groups is 1. The molecule has 0 saturated carbocycles. The first-order valence-corrected chi connectivity index (χ1v) is 9.10. The van der Waals surface area contributed by atoms with E-state index in [1.807, 2.05) is 16.9 Å². The standard InChI is InChI=1S/C17H17N3O5S/c1-11(21)18-14-5-3-2-4-13(14)8-12-6-7-15(16(22)9-12)20-10-17(23)19-26(20,24)25/h2-7,9-10,19,22-23H,8H2,1H3,(H,18,21). The molecule has 8 nitrogen and oxygen atoms in total. The van der Waals surface area contributed by atoms with Gasteiger partial charge in [-0.15, -0.1) is 0 Å². The van der Waals surface area contributed by atoms with Crippen molar-refractivity contribution >= 4 is 27.5 Å². The number of carbonyl (C=O) groups excluding carboxylic acids is 1. The highest BCUT2D eigenvalue weighted by molar-refractivity contribution is 7.91. The third kappa shape index (κ3) is 3.57. The maximum atomic E-state index is 11.9. The molecule has 0 radical (unpaired) electrons. The summed E-state index contributed by atoms with van der Waals surface area (Å²) in [7, 11) is -3.97. The minimum Gasteiger partial charge on any atom is -0.506 e. The van der Waals surface area contributed by atoms with Gasteiger partial charge in [-0.2, -0.15) is 8.42 Å². The molecule has 1 aliphatic heterocycles. The molecule has 1 amide bonds. The Labute approximate surface area is 150 Å². The average molecular weight is 375 g/mol. The Bertz CT molecular complexity index is 1000. The molecule has 2 aromatic rings. The van der Waals surface area contributed by atoms with Gasteiger partial charge < -0.3 is 15.5 Å². The van der Waals surface area contributed by atoms with Crippen molar-refractivity contribution in [3.05, 3.63) is 65.7 Å². The number of para-hydroxylation sites is 1. The first kappa shape index (κ1) is 17.6. The van der Waals surface area contributed by atoms with Crippen molar-refractivity contribution in [3.63, 3.8) is 0 Å². The molecule has 2 aromatic carbocycles. The smallest absolute Gasteiger partial charge is 0.330 e. The number of benzene rings is 2. The second-order valence-electron chi connectivity index (χ2n) is 5.76. The van der Waals surface area contributed by atoms with Gasteiger partial charge >= 0.3 is 10.2 Å². The topological polar surface area (TPSA) is 119 Å². The fraction of sp³-hybridized carbons (Fsp3) is 0.118. The van der Waals surface area contributed by atoms with Crippen LogP contribution in [0, 0.1) is 0 Å². The van der Waals surface area contributed by atoms with Gasteiger partial charge in [0.15, 0.2) is 0 Å². The minimum absolute atomic E-state index is 0.0143. The number of hydrogen-bond acceptors (Lipinski definition) is 5. The van der Waals surface area contributed by atoms with E-state index in [-0.39, 0.29) is 17.3 Å². The third-order valence-corrected chi connectivity index (χ3v) is 5.02. The number of amides is 1. The fourth-order valence-corrected chi connectivity index (χ4v) is 3.73. The number of aromatic hydroxyl groups is 1. The van der Waals surface area contributed by atoms with Crippen LogP contribution >= 0.6 is 0 Å². The Morgan fingerprint density at radius 1 is 1.19 bits per heavy atom. The summed E-state index contributed by atoms with van der Waals surface area (Å²) in [5, 5.41) is 22.3. The van der Waals surface area contributed by atoms with Crippen LogP contribution in [0.3, 0.4) is 0 Å². The van der Waals surface area contributed by atoms with E-state index in [2.05, 4.69) is 5.32 Å². The summed E-state index contributed by atoms with van der Waals surface area (Å²) in [5.74, 6) is -0.970. The highest BCUT2D eigenvalue weighted by Crippen LogP contribution is 2.33. The third-order valence-electron chi connectivity index (χ3n) is 3.73. The predicted octanol–water partition coefficient (Wildman–Crippen LogP) is 1.95. The van der Waals surface area contributed by atoms with Crippen LogP contribution in [0.25, 0.3) is 0 Å². The van der Waals surface area contributed by atoms with E-state index in [0.717, 1.165) is 21.6 Å². The van der Waals surface area contributed by atoms with Gasteiger partial charge in [-0.05, 0) is 35.7 Å². The molecule has 0 aromatic heterocycles. The molecule has 4 N–H and O–H groups in total. The normalized spacial score (nSPS) is 15.3.